The summed E-state index contributed by atoms with van der Waals surface area (Å²) in [7, 11) is 6.19. The number of benzene rings is 2. The number of pyridine rings is 1. The number of hydrogen-bond donors (Lipinski definition) is 2. The fraction of sp³-hybridized carbons (Fsp3) is 0.261. The third-order valence-corrected chi connectivity index (χ3v) is 4.74. The molecule has 0 fully saturated rings. The normalized spacial score (nSPS) is 10.9. The molecule has 0 amide bonds. The van der Waals surface area contributed by atoms with Crippen molar-refractivity contribution in [3.63, 3.8) is 0 Å². The molecule has 5 heteroatoms. The number of fused-ring (bicyclic) bond motifs is 1. The zero-order valence-electron chi connectivity index (χ0n) is 16.7. The number of nitrogens with zero attached hydrogens (tertiary/aromatic N) is 2. The summed E-state index contributed by atoms with van der Waals surface area (Å²) in [5.41, 5.74) is 5.76. The second-order valence-electron chi connectivity index (χ2n) is 6.88. The molecule has 4 nitrogen and oxygen atoms in total. The summed E-state index contributed by atoms with van der Waals surface area (Å²) < 4.78 is 2.21. The van der Waals surface area contributed by atoms with Crippen LogP contribution in [0.15, 0.2) is 54.6 Å². The first kappa shape index (κ1) is 22.2. The minimum atomic E-state index is 0. The zero-order chi connectivity index (χ0) is 19.2. The smallest absolute Gasteiger partial charge is 0.214 e. The van der Waals surface area contributed by atoms with Gasteiger partial charge in [-0.25, -0.2) is 0 Å². The van der Waals surface area contributed by atoms with Gasteiger partial charge in [-0.3, -0.25) is 0 Å². The van der Waals surface area contributed by atoms with Crippen LogP contribution >= 0.6 is 0 Å². The quantitative estimate of drug-likeness (QED) is 0.292. The van der Waals surface area contributed by atoms with Crippen LogP contribution in [-0.2, 0) is 7.05 Å². The Kier molecular flexibility index (Phi) is 8.26. The molecule has 0 saturated carbocycles. The Morgan fingerprint density at radius 1 is 1.04 bits per heavy atom. The standard InChI is InChI=1S/C23H27N3O.HI/c1-25(2)19-12-9-18(10-13-19)11-14-20-17-22(24-15-6-16-27)21-7-4-5-8-23(21)26(20)3;/h4-5,7-14,17,27H,6,15-16H2,1-3H3;1H/b14-11+;. The molecule has 0 unspecified atom stereocenters. The average Bonchev–Trinajstić information content (AvgIpc) is 2.69. The van der Waals surface area contributed by atoms with Gasteiger partial charge in [0, 0.05) is 51.1 Å². The van der Waals surface area contributed by atoms with E-state index in [-0.39, 0.29) is 30.6 Å². The van der Waals surface area contributed by atoms with E-state index < -0.39 is 0 Å². The van der Waals surface area contributed by atoms with Crippen LogP contribution in [0, 0.1) is 0 Å². The van der Waals surface area contributed by atoms with Crippen LogP contribution in [0.4, 0.5) is 11.4 Å². The number of aryl methyl sites for hydroxylation is 1. The molecule has 1 aromatic heterocycles. The minimum absolute atomic E-state index is 0. The third-order valence-electron chi connectivity index (χ3n) is 4.74. The molecule has 3 rings (SSSR count). The Balaban J connectivity index is 0.00000280. The number of aliphatic hydroxyl groups excluding tert-OH is 1. The Hall–Kier alpha value is -2.12. The topological polar surface area (TPSA) is 39.4 Å². The second kappa shape index (κ2) is 10.4. The molecule has 0 spiro atoms. The Bertz CT molecular complexity index is 936. The van der Waals surface area contributed by atoms with Crippen LogP contribution in [0.2, 0.25) is 0 Å². The van der Waals surface area contributed by atoms with Crippen molar-refractivity contribution in [2.24, 2.45) is 7.05 Å². The minimum Gasteiger partial charge on any atom is -1.00 e. The number of nitrogens with one attached hydrogen (secondary N) is 1. The average molecular weight is 489 g/mol. The maximum Gasteiger partial charge on any atom is 0.214 e. The van der Waals surface area contributed by atoms with Gasteiger partial charge in [-0.2, -0.15) is 4.57 Å². The number of rotatable bonds is 7. The third kappa shape index (κ3) is 5.23. The first-order chi connectivity index (χ1) is 13.1. The van der Waals surface area contributed by atoms with E-state index in [0.717, 1.165) is 24.3 Å². The van der Waals surface area contributed by atoms with Crippen LogP contribution in [0.5, 0.6) is 0 Å². The van der Waals surface area contributed by atoms with E-state index in [0.29, 0.717) is 0 Å². The summed E-state index contributed by atoms with van der Waals surface area (Å²) in [6, 6.07) is 19.1. The van der Waals surface area contributed by atoms with Crippen molar-refractivity contribution in [2.75, 3.05) is 37.5 Å². The Morgan fingerprint density at radius 3 is 2.43 bits per heavy atom. The van der Waals surface area contributed by atoms with Crippen LogP contribution in [0.25, 0.3) is 23.1 Å². The largest absolute Gasteiger partial charge is 1.00 e. The molecule has 0 saturated heterocycles. The van der Waals surface area contributed by atoms with Crippen molar-refractivity contribution in [2.45, 2.75) is 6.42 Å². The lowest BCUT2D eigenvalue weighted by molar-refractivity contribution is -0.646. The first-order valence-electron chi connectivity index (χ1n) is 9.32. The number of anilines is 2. The molecule has 1 heterocycles. The SMILES string of the molecule is CN(C)c1ccc(/C=C/c2cc(NCCCO)c3ccccc3[n+]2C)cc1.[I-]. The van der Waals surface area contributed by atoms with Gasteiger partial charge in [-0.1, -0.05) is 24.3 Å². The lowest BCUT2D eigenvalue weighted by Crippen LogP contribution is -3.00. The Morgan fingerprint density at radius 2 is 1.75 bits per heavy atom. The van der Waals surface area contributed by atoms with E-state index in [2.05, 4.69) is 88.6 Å². The van der Waals surface area contributed by atoms with Gasteiger partial charge in [-0.15, -0.1) is 0 Å². The summed E-state index contributed by atoms with van der Waals surface area (Å²) in [4.78, 5) is 2.10. The van der Waals surface area contributed by atoms with E-state index >= 15 is 0 Å². The van der Waals surface area contributed by atoms with Gasteiger partial charge in [0.25, 0.3) is 0 Å². The molecule has 28 heavy (non-hydrogen) atoms. The molecular weight excluding hydrogens is 461 g/mol. The number of para-hydroxylation sites is 1. The van der Waals surface area contributed by atoms with Crippen molar-refractivity contribution in [1.82, 2.24) is 0 Å². The molecule has 148 valence electrons. The van der Waals surface area contributed by atoms with Crippen LogP contribution < -0.4 is 38.8 Å². The molecule has 2 aromatic carbocycles. The Labute approximate surface area is 184 Å². The highest BCUT2D eigenvalue weighted by Crippen LogP contribution is 2.23. The summed E-state index contributed by atoms with van der Waals surface area (Å²) in [5, 5.41) is 13.7. The van der Waals surface area contributed by atoms with Gasteiger partial charge in [0.05, 0.1) is 11.1 Å². The maximum absolute atomic E-state index is 9.06. The van der Waals surface area contributed by atoms with Gasteiger partial charge in [-0.05, 0) is 36.3 Å². The van der Waals surface area contributed by atoms with Crippen molar-refractivity contribution in [3.05, 3.63) is 65.9 Å². The maximum atomic E-state index is 9.06. The fourth-order valence-electron chi connectivity index (χ4n) is 3.13. The zero-order valence-corrected chi connectivity index (χ0v) is 18.8. The highest BCUT2D eigenvalue weighted by molar-refractivity contribution is 5.90. The lowest BCUT2D eigenvalue weighted by atomic mass is 10.1. The monoisotopic (exact) mass is 489 g/mol. The summed E-state index contributed by atoms with van der Waals surface area (Å²) in [6.45, 7) is 0.949. The van der Waals surface area contributed by atoms with Gasteiger partial charge in [0.2, 0.25) is 11.2 Å². The van der Waals surface area contributed by atoms with E-state index in [1.165, 1.54) is 22.2 Å². The van der Waals surface area contributed by atoms with E-state index in [1.54, 1.807) is 0 Å². The predicted molar refractivity (Wildman–Crippen MR) is 115 cm³/mol. The molecule has 0 atom stereocenters. The molecule has 2 N–H and O–H groups in total. The highest BCUT2D eigenvalue weighted by atomic mass is 127. The summed E-state index contributed by atoms with van der Waals surface area (Å²) >= 11 is 0. The molecule has 3 aromatic rings. The first-order valence-corrected chi connectivity index (χ1v) is 9.32. The molecule has 0 aliphatic carbocycles. The second-order valence-corrected chi connectivity index (χ2v) is 6.88. The summed E-state index contributed by atoms with van der Waals surface area (Å²) in [6.07, 6.45) is 5.02. The summed E-state index contributed by atoms with van der Waals surface area (Å²) in [5.74, 6) is 0. The predicted octanol–water partition coefficient (Wildman–Crippen LogP) is 0.699. The van der Waals surface area contributed by atoms with Crippen LogP contribution in [0.3, 0.4) is 0 Å². The molecule has 0 radical (unpaired) electrons. The van der Waals surface area contributed by atoms with Gasteiger partial charge in [0.15, 0.2) is 0 Å². The molecule has 0 bridgehead atoms. The number of aromatic nitrogens is 1. The number of aliphatic hydroxyl groups is 1. The van der Waals surface area contributed by atoms with Crippen molar-refractivity contribution >= 4 is 34.4 Å². The molecule has 0 aliphatic heterocycles. The van der Waals surface area contributed by atoms with Gasteiger partial charge in [0.1, 0.15) is 7.05 Å². The van der Waals surface area contributed by atoms with E-state index in [9.17, 15) is 0 Å². The number of hydrogen-bond acceptors (Lipinski definition) is 3. The van der Waals surface area contributed by atoms with Crippen LogP contribution in [-0.4, -0.2) is 32.4 Å². The van der Waals surface area contributed by atoms with Gasteiger partial charge < -0.3 is 39.3 Å². The van der Waals surface area contributed by atoms with Crippen LogP contribution in [0.1, 0.15) is 17.7 Å². The van der Waals surface area contributed by atoms with Crippen molar-refractivity contribution < 1.29 is 33.7 Å². The lowest BCUT2D eigenvalue weighted by Gasteiger charge is -2.12. The van der Waals surface area contributed by atoms with E-state index in [1.807, 2.05) is 14.1 Å². The molecule has 0 aliphatic rings. The molecular formula is C23H28IN3O. The van der Waals surface area contributed by atoms with E-state index in [4.69, 9.17) is 5.11 Å². The highest BCUT2D eigenvalue weighted by Gasteiger charge is 2.14. The fourth-order valence-corrected chi connectivity index (χ4v) is 3.13. The van der Waals surface area contributed by atoms with Crippen molar-refractivity contribution in [1.29, 1.82) is 0 Å². The van der Waals surface area contributed by atoms with Gasteiger partial charge >= 0.3 is 0 Å². The number of halogens is 1. The van der Waals surface area contributed by atoms with Crippen molar-refractivity contribution in [3.8, 4) is 0 Å².